The summed E-state index contributed by atoms with van der Waals surface area (Å²) < 4.78 is 0.127. The Morgan fingerprint density at radius 3 is 2.38 bits per heavy atom. The third kappa shape index (κ3) is 2.16. The third-order valence-electron chi connectivity index (χ3n) is 4.18. The minimum Gasteiger partial charge on any atom is -0.134 e. The molecule has 2 aliphatic heterocycles. The van der Waals surface area contributed by atoms with Crippen molar-refractivity contribution in [1.82, 2.24) is 0 Å². The van der Waals surface area contributed by atoms with Gasteiger partial charge >= 0.3 is 0 Å². The quantitative estimate of drug-likeness (QED) is 0.633. The fraction of sp³-hybridized carbons (Fsp3) is 0.333. The van der Waals surface area contributed by atoms with Gasteiger partial charge in [0.25, 0.3) is 0 Å². The van der Waals surface area contributed by atoms with Gasteiger partial charge in [-0.3, -0.25) is 0 Å². The highest BCUT2D eigenvalue weighted by Gasteiger charge is 2.45. The van der Waals surface area contributed by atoms with Gasteiger partial charge in [0.1, 0.15) is 4.08 Å². The summed E-state index contributed by atoms with van der Waals surface area (Å²) >= 11 is 6.18. The molecule has 0 unspecified atom stereocenters. The molecular weight excluding hydrogens is 312 g/mol. The second-order valence-electron chi connectivity index (χ2n) is 5.82. The Balaban J connectivity index is 1.95. The third-order valence-corrected chi connectivity index (χ3v) is 8.81. The van der Waals surface area contributed by atoms with Crippen LogP contribution in [0.4, 0.5) is 0 Å². The van der Waals surface area contributed by atoms with Crippen molar-refractivity contribution in [2.24, 2.45) is 0 Å². The smallest absolute Gasteiger partial charge is 0.113 e. The SMILES string of the molecule is CC(C)c1ccc2c(c1)C1(SCCS1)c1ccccc1S2. The lowest BCUT2D eigenvalue weighted by Crippen LogP contribution is -2.22. The predicted octanol–water partition coefficient (Wildman–Crippen LogP) is 5.96. The maximum atomic E-state index is 2.47. The van der Waals surface area contributed by atoms with Crippen LogP contribution in [0.2, 0.25) is 0 Å². The molecule has 2 aliphatic rings. The van der Waals surface area contributed by atoms with Gasteiger partial charge in [0.15, 0.2) is 0 Å². The van der Waals surface area contributed by atoms with Crippen LogP contribution in [0.3, 0.4) is 0 Å². The highest BCUT2D eigenvalue weighted by molar-refractivity contribution is 8.21. The van der Waals surface area contributed by atoms with Crippen molar-refractivity contribution in [3.63, 3.8) is 0 Å². The molecule has 0 atom stereocenters. The van der Waals surface area contributed by atoms with E-state index in [0.717, 1.165) is 0 Å². The van der Waals surface area contributed by atoms with Crippen molar-refractivity contribution in [3.05, 3.63) is 59.2 Å². The fourth-order valence-corrected chi connectivity index (χ4v) is 7.89. The summed E-state index contributed by atoms with van der Waals surface area (Å²) in [5, 5.41) is 0. The zero-order valence-corrected chi connectivity index (χ0v) is 14.7. The Morgan fingerprint density at radius 2 is 1.62 bits per heavy atom. The van der Waals surface area contributed by atoms with Gasteiger partial charge in [0, 0.05) is 21.3 Å². The van der Waals surface area contributed by atoms with Gasteiger partial charge in [-0.05, 0) is 34.7 Å². The van der Waals surface area contributed by atoms with Crippen LogP contribution in [0, 0.1) is 0 Å². The van der Waals surface area contributed by atoms with Crippen LogP contribution in [0.5, 0.6) is 0 Å². The van der Waals surface area contributed by atoms with Crippen LogP contribution in [0.15, 0.2) is 52.3 Å². The highest BCUT2D eigenvalue weighted by Crippen LogP contribution is 2.63. The number of rotatable bonds is 1. The molecule has 1 saturated heterocycles. The monoisotopic (exact) mass is 330 g/mol. The minimum atomic E-state index is 0.127. The number of hydrogen-bond donors (Lipinski definition) is 0. The van der Waals surface area contributed by atoms with Gasteiger partial charge in [0.05, 0.1) is 0 Å². The molecule has 1 fully saturated rings. The molecule has 0 N–H and O–H groups in total. The first kappa shape index (κ1) is 14.1. The van der Waals surface area contributed by atoms with E-state index in [1.54, 1.807) is 0 Å². The molecule has 0 aliphatic carbocycles. The first-order chi connectivity index (χ1) is 10.2. The lowest BCUT2D eigenvalue weighted by molar-refractivity contribution is 0.853. The van der Waals surface area contributed by atoms with Crippen molar-refractivity contribution in [2.45, 2.75) is 33.6 Å². The van der Waals surface area contributed by atoms with E-state index in [1.165, 1.54) is 38.0 Å². The van der Waals surface area contributed by atoms with E-state index >= 15 is 0 Å². The van der Waals surface area contributed by atoms with Gasteiger partial charge < -0.3 is 0 Å². The molecule has 2 aromatic rings. The largest absolute Gasteiger partial charge is 0.134 e. The normalized spacial score (nSPS) is 18.8. The van der Waals surface area contributed by atoms with Gasteiger partial charge in [-0.2, -0.15) is 0 Å². The number of benzene rings is 2. The van der Waals surface area contributed by atoms with Crippen molar-refractivity contribution >= 4 is 35.3 Å². The van der Waals surface area contributed by atoms with Crippen molar-refractivity contribution in [2.75, 3.05) is 11.5 Å². The zero-order valence-electron chi connectivity index (χ0n) is 12.3. The molecule has 0 aromatic heterocycles. The molecule has 4 rings (SSSR count). The van der Waals surface area contributed by atoms with Crippen LogP contribution in [0.25, 0.3) is 0 Å². The topological polar surface area (TPSA) is 0 Å². The minimum absolute atomic E-state index is 0.127. The van der Waals surface area contributed by atoms with E-state index in [9.17, 15) is 0 Å². The highest BCUT2D eigenvalue weighted by atomic mass is 32.2. The first-order valence-electron chi connectivity index (χ1n) is 7.40. The predicted molar refractivity (Wildman–Crippen MR) is 96.8 cm³/mol. The maximum absolute atomic E-state index is 2.47. The molecule has 2 heterocycles. The molecular formula is C18H18S3. The van der Waals surface area contributed by atoms with Crippen LogP contribution < -0.4 is 0 Å². The van der Waals surface area contributed by atoms with E-state index in [4.69, 9.17) is 0 Å². The number of thioether (sulfide) groups is 2. The van der Waals surface area contributed by atoms with Crippen molar-refractivity contribution in [3.8, 4) is 0 Å². The average molecular weight is 331 g/mol. The Morgan fingerprint density at radius 1 is 0.905 bits per heavy atom. The van der Waals surface area contributed by atoms with Crippen LogP contribution in [-0.4, -0.2) is 11.5 Å². The number of fused-ring (bicyclic) bond motifs is 4. The van der Waals surface area contributed by atoms with Gasteiger partial charge in [-0.15, -0.1) is 23.5 Å². The lowest BCUT2D eigenvalue weighted by atomic mass is 9.96. The summed E-state index contributed by atoms with van der Waals surface area (Å²) in [6.07, 6.45) is 0. The molecule has 0 radical (unpaired) electrons. The molecule has 1 spiro atoms. The van der Waals surface area contributed by atoms with Gasteiger partial charge in [-0.1, -0.05) is 55.9 Å². The molecule has 2 aromatic carbocycles. The van der Waals surface area contributed by atoms with Crippen LogP contribution in [0.1, 0.15) is 36.5 Å². The van der Waals surface area contributed by atoms with Gasteiger partial charge in [0.2, 0.25) is 0 Å². The summed E-state index contributed by atoms with van der Waals surface area (Å²) in [6.45, 7) is 4.57. The van der Waals surface area contributed by atoms with E-state index in [2.05, 4.69) is 79.8 Å². The average Bonchev–Trinajstić information content (AvgIpc) is 2.98. The van der Waals surface area contributed by atoms with E-state index in [1.807, 2.05) is 11.8 Å². The Labute approximate surface area is 139 Å². The standard InChI is InChI=1S/C18H18S3/c1-12(2)13-7-8-17-15(11-13)18(19-9-10-20-18)14-5-3-4-6-16(14)21-17/h3-8,11-12H,9-10H2,1-2H3. The Kier molecular flexibility index (Phi) is 3.55. The molecule has 21 heavy (non-hydrogen) atoms. The lowest BCUT2D eigenvalue weighted by Gasteiger charge is -2.36. The molecule has 0 bridgehead atoms. The molecule has 0 saturated carbocycles. The van der Waals surface area contributed by atoms with Crippen molar-refractivity contribution < 1.29 is 0 Å². The summed E-state index contributed by atoms with van der Waals surface area (Å²) in [6, 6.07) is 16.1. The summed E-state index contributed by atoms with van der Waals surface area (Å²) in [4.78, 5) is 2.88. The number of hydrogen-bond acceptors (Lipinski definition) is 3. The molecule has 0 amide bonds. The van der Waals surface area contributed by atoms with Crippen LogP contribution in [-0.2, 0) is 4.08 Å². The van der Waals surface area contributed by atoms with E-state index in [-0.39, 0.29) is 4.08 Å². The molecule has 108 valence electrons. The summed E-state index contributed by atoms with van der Waals surface area (Å²) in [5.74, 6) is 3.08. The zero-order chi connectivity index (χ0) is 14.4. The summed E-state index contributed by atoms with van der Waals surface area (Å²) in [5.41, 5.74) is 4.50. The second kappa shape index (κ2) is 5.29. The fourth-order valence-electron chi connectivity index (χ4n) is 3.07. The summed E-state index contributed by atoms with van der Waals surface area (Å²) in [7, 11) is 0. The van der Waals surface area contributed by atoms with Crippen molar-refractivity contribution in [1.29, 1.82) is 0 Å². The van der Waals surface area contributed by atoms with Gasteiger partial charge in [-0.25, -0.2) is 0 Å². The maximum Gasteiger partial charge on any atom is 0.113 e. The van der Waals surface area contributed by atoms with E-state index < -0.39 is 0 Å². The van der Waals surface area contributed by atoms with E-state index in [0.29, 0.717) is 5.92 Å². The second-order valence-corrected chi connectivity index (χ2v) is 9.78. The Bertz CT molecular complexity index is 685. The first-order valence-corrected chi connectivity index (χ1v) is 10.2. The Hall–Kier alpha value is -0.510. The van der Waals surface area contributed by atoms with Crippen LogP contribution >= 0.6 is 35.3 Å². The molecule has 0 nitrogen and oxygen atoms in total. The molecule has 3 heteroatoms.